The Bertz CT molecular complexity index is 967. The van der Waals surface area contributed by atoms with E-state index in [1.54, 1.807) is 0 Å². The Labute approximate surface area is 151 Å². The third-order valence-electron chi connectivity index (χ3n) is 4.04. The van der Waals surface area contributed by atoms with Crippen molar-refractivity contribution in [3.8, 4) is 0 Å². The number of nitrogens with zero attached hydrogens (tertiary/aromatic N) is 1. The lowest BCUT2D eigenvalue weighted by Crippen LogP contribution is -2.26. The fourth-order valence-electron chi connectivity index (χ4n) is 2.71. The van der Waals surface area contributed by atoms with E-state index in [1.165, 1.54) is 6.92 Å². The van der Waals surface area contributed by atoms with Crippen molar-refractivity contribution in [1.29, 1.82) is 0 Å². The van der Waals surface area contributed by atoms with Crippen LogP contribution >= 0.6 is 11.3 Å². The quantitative estimate of drug-likeness (QED) is 0.693. The van der Waals surface area contributed by atoms with E-state index in [0.29, 0.717) is 10.9 Å². The van der Waals surface area contributed by atoms with Crippen LogP contribution < -0.4 is 11.1 Å². The first-order chi connectivity index (χ1) is 12.2. The van der Waals surface area contributed by atoms with Gasteiger partial charge in [-0.05, 0) is 31.0 Å². The number of anilines is 1. The van der Waals surface area contributed by atoms with Crippen molar-refractivity contribution >= 4 is 33.1 Å². The number of thiophene rings is 1. The summed E-state index contributed by atoms with van der Waals surface area (Å²) >= 11 is 0.865. The summed E-state index contributed by atoms with van der Waals surface area (Å²) in [6.45, 7) is 3.35. The summed E-state index contributed by atoms with van der Waals surface area (Å²) in [5.41, 5.74) is 6.45. The maximum absolute atomic E-state index is 13.0. The molecule has 1 amide bonds. The first kappa shape index (κ1) is 18.2. The predicted octanol–water partition coefficient (Wildman–Crippen LogP) is 4.70. The summed E-state index contributed by atoms with van der Waals surface area (Å²) in [6, 6.07) is 10.0. The number of hydrogen-bond donors (Lipinski definition) is 2. The molecule has 0 aliphatic heterocycles. The van der Waals surface area contributed by atoms with Gasteiger partial charge < -0.3 is 11.1 Å². The number of nitrogens with two attached hydrogens (primary N) is 1. The largest absolute Gasteiger partial charge is 0.433 e. The number of pyridine rings is 1. The zero-order chi connectivity index (χ0) is 19.1. The number of carbonyl (C=O) groups is 1. The number of nitrogen functional groups attached to an aromatic ring is 1. The topological polar surface area (TPSA) is 68.0 Å². The predicted molar refractivity (Wildman–Crippen MR) is 96.1 cm³/mol. The number of aromatic nitrogens is 1. The van der Waals surface area contributed by atoms with E-state index >= 15 is 0 Å². The van der Waals surface area contributed by atoms with Gasteiger partial charge in [-0.2, -0.15) is 13.2 Å². The first-order valence-electron chi connectivity index (χ1n) is 7.81. The lowest BCUT2D eigenvalue weighted by molar-refractivity contribution is -0.141. The minimum absolute atomic E-state index is 0.104. The van der Waals surface area contributed by atoms with E-state index < -0.39 is 17.8 Å². The van der Waals surface area contributed by atoms with E-state index in [-0.39, 0.29) is 21.4 Å². The molecule has 0 spiro atoms. The van der Waals surface area contributed by atoms with Gasteiger partial charge in [-0.3, -0.25) is 4.79 Å². The van der Waals surface area contributed by atoms with E-state index in [9.17, 15) is 18.0 Å². The molecule has 0 aliphatic rings. The molecule has 3 aromatic rings. The molecule has 0 saturated heterocycles. The Morgan fingerprint density at radius 2 is 1.92 bits per heavy atom. The molecule has 8 heteroatoms. The first-order valence-corrected chi connectivity index (χ1v) is 8.62. The highest BCUT2D eigenvalue weighted by Gasteiger charge is 2.34. The molecule has 1 aromatic carbocycles. The van der Waals surface area contributed by atoms with Crippen LogP contribution in [-0.2, 0) is 6.18 Å². The SMILES string of the molecule is Cc1cc(C(F)(F)F)nc2sc(C(=O)NC(C)c3ccccc3)c(N)c12. The number of rotatable bonds is 3. The molecule has 0 saturated carbocycles. The summed E-state index contributed by atoms with van der Waals surface area (Å²) in [4.78, 5) is 16.5. The monoisotopic (exact) mass is 379 g/mol. The lowest BCUT2D eigenvalue weighted by Gasteiger charge is -2.13. The van der Waals surface area contributed by atoms with Crippen LogP contribution in [0.4, 0.5) is 18.9 Å². The molecular weight excluding hydrogens is 363 g/mol. The van der Waals surface area contributed by atoms with Gasteiger partial charge >= 0.3 is 6.18 Å². The average molecular weight is 379 g/mol. The fourth-order valence-corrected chi connectivity index (χ4v) is 3.79. The van der Waals surface area contributed by atoms with Gasteiger partial charge in [0.15, 0.2) is 0 Å². The maximum Gasteiger partial charge on any atom is 0.433 e. The van der Waals surface area contributed by atoms with E-state index in [2.05, 4.69) is 10.3 Å². The highest BCUT2D eigenvalue weighted by atomic mass is 32.1. The van der Waals surface area contributed by atoms with Gasteiger partial charge in [0.25, 0.3) is 5.91 Å². The smallest absolute Gasteiger partial charge is 0.397 e. The van der Waals surface area contributed by atoms with Gasteiger partial charge in [-0.1, -0.05) is 30.3 Å². The number of amides is 1. The zero-order valence-electron chi connectivity index (χ0n) is 14.0. The molecule has 0 fully saturated rings. The molecule has 26 heavy (non-hydrogen) atoms. The van der Waals surface area contributed by atoms with Crippen molar-refractivity contribution in [3.05, 3.63) is 58.1 Å². The molecule has 4 nitrogen and oxygen atoms in total. The van der Waals surface area contributed by atoms with Gasteiger partial charge in [0, 0.05) is 5.39 Å². The van der Waals surface area contributed by atoms with Gasteiger partial charge in [0.05, 0.1) is 11.7 Å². The molecule has 136 valence electrons. The normalized spacial score (nSPS) is 13.0. The summed E-state index contributed by atoms with van der Waals surface area (Å²) in [5.74, 6) is -0.435. The van der Waals surface area contributed by atoms with Crippen molar-refractivity contribution in [2.75, 3.05) is 5.73 Å². The zero-order valence-corrected chi connectivity index (χ0v) is 14.8. The minimum atomic E-state index is -4.55. The second-order valence-corrected chi connectivity index (χ2v) is 6.95. The summed E-state index contributed by atoms with van der Waals surface area (Å²) in [5, 5.41) is 3.21. The highest BCUT2D eigenvalue weighted by Crippen LogP contribution is 2.38. The van der Waals surface area contributed by atoms with E-state index in [0.717, 1.165) is 23.0 Å². The number of nitrogens with one attached hydrogen (secondary N) is 1. The van der Waals surface area contributed by atoms with Crippen molar-refractivity contribution in [1.82, 2.24) is 10.3 Å². The Morgan fingerprint density at radius 3 is 2.54 bits per heavy atom. The van der Waals surface area contributed by atoms with Gasteiger partial charge in [-0.25, -0.2) is 4.98 Å². The number of benzene rings is 1. The molecule has 0 aliphatic carbocycles. The van der Waals surface area contributed by atoms with Crippen LogP contribution in [0.15, 0.2) is 36.4 Å². The van der Waals surface area contributed by atoms with E-state index in [4.69, 9.17) is 5.73 Å². The Morgan fingerprint density at radius 1 is 1.27 bits per heavy atom. The minimum Gasteiger partial charge on any atom is -0.397 e. The van der Waals surface area contributed by atoms with Crippen LogP contribution in [-0.4, -0.2) is 10.9 Å². The number of halogens is 3. The van der Waals surface area contributed by atoms with Crippen molar-refractivity contribution < 1.29 is 18.0 Å². The Balaban J connectivity index is 1.96. The number of fused-ring (bicyclic) bond motifs is 1. The van der Waals surface area contributed by atoms with Crippen LogP contribution in [0.3, 0.4) is 0 Å². The Hall–Kier alpha value is -2.61. The summed E-state index contributed by atoms with van der Waals surface area (Å²) in [7, 11) is 0. The summed E-state index contributed by atoms with van der Waals surface area (Å²) in [6.07, 6.45) is -4.55. The number of carbonyl (C=O) groups excluding carboxylic acids is 1. The van der Waals surface area contributed by atoms with Crippen molar-refractivity contribution in [2.24, 2.45) is 0 Å². The second kappa shape index (κ2) is 6.60. The lowest BCUT2D eigenvalue weighted by atomic mass is 10.1. The van der Waals surface area contributed by atoms with Gasteiger partial charge in [-0.15, -0.1) is 11.3 Å². The molecular formula is C18H16F3N3OS. The Kier molecular flexibility index (Phi) is 4.62. The van der Waals surface area contributed by atoms with Crippen LogP contribution in [0.5, 0.6) is 0 Å². The number of alkyl halides is 3. The van der Waals surface area contributed by atoms with Gasteiger partial charge in [0.1, 0.15) is 15.4 Å². The molecule has 3 N–H and O–H groups in total. The van der Waals surface area contributed by atoms with Gasteiger partial charge in [0.2, 0.25) is 0 Å². The molecule has 2 heterocycles. The molecule has 0 bridgehead atoms. The van der Waals surface area contributed by atoms with Crippen LogP contribution in [0, 0.1) is 6.92 Å². The standard InChI is InChI=1S/C18H16F3N3OS/c1-9-8-12(18(19,20)21)24-17-13(9)14(22)15(26-17)16(25)23-10(2)11-6-4-3-5-7-11/h3-8,10H,22H2,1-2H3,(H,23,25). The molecule has 1 unspecified atom stereocenters. The second-order valence-electron chi connectivity index (χ2n) is 5.95. The highest BCUT2D eigenvalue weighted by molar-refractivity contribution is 7.21. The molecule has 3 rings (SSSR count). The van der Waals surface area contributed by atoms with Crippen LogP contribution in [0.25, 0.3) is 10.2 Å². The summed E-state index contributed by atoms with van der Waals surface area (Å²) < 4.78 is 38.9. The van der Waals surface area contributed by atoms with E-state index in [1.807, 2.05) is 37.3 Å². The number of hydrogen-bond acceptors (Lipinski definition) is 4. The third-order valence-corrected chi connectivity index (χ3v) is 5.14. The molecule has 1 atom stereocenters. The average Bonchev–Trinajstić information content (AvgIpc) is 2.92. The maximum atomic E-state index is 13.0. The molecule has 2 aromatic heterocycles. The molecule has 0 radical (unpaired) electrons. The fraction of sp³-hybridized carbons (Fsp3) is 0.222. The number of aryl methyl sites for hydroxylation is 1. The van der Waals surface area contributed by atoms with Crippen LogP contribution in [0.1, 0.15) is 39.5 Å². The third kappa shape index (κ3) is 3.37. The van der Waals surface area contributed by atoms with Crippen molar-refractivity contribution in [2.45, 2.75) is 26.1 Å². The van der Waals surface area contributed by atoms with Crippen LogP contribution in [0.2, 0.25) is 0 Å². The van der Waals surface area contributed by atoms with Crippen molar-refractivity contribution in [3.63, 3.8) is 0 Å².